The van der Waals surface area contributed by atoms with Crippen LogP contribution in [0.3, 0.4) is 0 Å². The Hall–Kier alpha value is -2.18. The van der Waals surface area contributed by atoms with Crippen molar-refractivity contribution in [3.63, 3.8) is 0 Å². The number of pyridine rings is 1. The maximum atomic E-state index is 5.56. The summed E-state index contributed by atoms with van der Waals surface area (Å²) >= 11 is 1.66. The van der Waals surface area contributed by atoms with Crippen LogP contribution in [0.1, 0.15) is 5.56 Å². The van der Waals surface area contributed by atoms with Gasteiger partial charge in [-0.25, -0.2) is 4.98 Å². The van der Waals surface area contributed by atoms with Gasteiger partial charge in [0.05, 0.1) is 10.2 Å². The molecule has 0 atom stereocenters. The molecule has 0 amide bonds. The van der Waals surface area contributed by atoms with Gasteiger partial charge in [-0.3, -0.25) is 4.98 Å². The number of nitrogens with zero attached hydrogens (tertiary/aromatic N) is 3. The number of aromatic nitrogens is 2. The quantitative estimate of drug-likeness (QED) is 0.758. The molecule has 22 heavy (non-hydrogen) atoms. The van der Waals surface area contributed by atoms with Gasteiger partial charge in [0.2, 0.25) is 0 Å². The van der Waals surface area contributed by atoms with Crippen LogP contribution in [0, 0.1) is 0 Å². The van der Waals surface area contributed by atoms with Gasteiger partial charge in [-0.15, -0.1) is 0 Å². The van der Waals surface area contributed by atoms with E-state index in [0.717, 1.165) is 33.2 Å². The first-order valence-electron chi connectivity index (χ1n) is 7.10. The Bertz CT molecular complexity index is 744. The summed E-state index contributed by atoms with van der Waals surface area (Å²) in [6.45, 7) is 1.82. The summed E-state index contributed by atoms with van der Waals surface area (Å²) in [5, 5.41) is 0.981. The monoisotopic (exact) mass is 314 g/mol. The normalized spacial score (nSPS) is 10.8. The molecule has 1 aromatic carbocycles. The summed E-state index contributed by atoms with van der Waals surface area (Å²) in [4.78, 5) is 10.9. The molecule has 0 aliphatic rings. The van der Waals surface area contributed by atoms with Crippen LogP contribution in [0.5, 0.6) is 5.75 Å². The molecule has 3 aromatic rings. The zero-order valence-corrected chi connectivity index (χ0v) is 13.2. The summed E-state index contributed by atoms with van der Waals surface area (Å²) in [6, 6.07) is 9.95. The Balaban J connectivity index is 1.79. The van der Waals surface area contributed by atoms with Crippen molar-refractivity contribution in [2.45, 2.75) is 6.54 Å². The number of nitrogens with two attached hydrogens (primary N) is 1. The van der Waals surface area contributed by atoms with Gasteiger partial charge in [-0.2, -0.15) is 0 Å². The molecule has 0 bridgehead atoms. The SMILES string of the molecule is CN(Cc1cccnc1)c1nc2ccc(OCCN)cc2s1. The van der Waals surface area contributed by atoms with Crippen molar-refractivity contribution < 1.29 is 4.74 Å². The van der Waals surface area contributed by atoms with Crippen molar-refractivity contribution >= 4 is 26.7 Å². The predicted molar refractivity (Wildman–Crippen MR) is 90.5 cm³/mol. The molecular weight excluding hydrogens is 296 g/mol. The molecule has 0 radical (unpaired) electrons. The van der Waals surface area contributed by atoms with E-state index in [1.807, 2.05) is 37.5 Å². The zero-order chi connectivity index (χ0) is 15.4. The van der Waals surface area contributed by atoms with E-state index in [9.17, 15) is 0 Å². The minimum Gasteiger partial charge on any atom is -0.492 e. The summed E-state index contributed by atoms with van der Waals surface area (Å²) in [7, 11) is 2.04. The Kier molecular flexibility index (Phi) is 4.50. The number of hydrogen-bond donors (Lipinski definition) is 1. The number of anilines is 1. The summed E-state index contributed by atoms with van der Waals surface area (Å²) < 4.78 is 6.67. The lowest BCUT2D eigenvalue weighted by molar-refractivity contribution is 0.329. The van der Waals surface area contributed by atoms with Crippen molar-refractivity contribution in [2.75, 3.05) is 25.1 Å². The second kappa shape index (κ2) is 6.72. The van der Waals surface area contributed by atoms with Crippen LogP contribution in [-0.4, -0.2) is 30.2 Å². The molecule has 2 heterocycles. The summed E-state index contributed by atoms with van der Waals surface area (Å²) in [5.74, 6) is 0.836. The molecule has 0 spiro atoms. The highest BCUT2D eigenvalue weighted by Crippen LogP contribution is 2.31. The van der Waals surface area contributed by atoms with Gasteiger partial charge >= 0.3 is 0 Å². The molecule has 0 saturated heterocycles. The molecule has 2 aromatic heterocycles. The fraction of sp³-hybridized carbons (Fsp3) is 0.250. The number of thiazole rings is 1. The van der Waals surface area contributed by atoms with E-state index in [2.05, 4.69) is 20.9 Å². The van der Waals surface area contributed by atoms with Crippen molar-refractivity contribution in [2.24, 2.45) is 5.73 Å². The number of ether oxygens (including phenoxy) is 1. The summed E-state index contributed by atoms with van der Waals surface area (Å²) in [6.07, 6.45) is 3.66. The Morgan fingerprint density at radius 2 is 2.23 bits per heavy atom. The van der Waals surface area contributed by atoms with Crippen LogP contribution < -0.4 is 15.4 Å². The third kappa shape index (κ3) is 3.35. The lowest BCUT2D eigenvalue weighted by Crippen LogP contribution is -2.15. The second-order valence-corrected chi connectivity index (χ2v) is 5.99. The first kappa shape index (κ1) is 14.7. The topological polar surface area (TPSA) is 64.3 Å². The third-order valence-corrected chi connectivity index (χ3v) is 4.34. The molecule has 0 unspecified atom stereocenters. The molecule has 0 aliphatic heterocycles. The molecule has 0 saturated carbocycles. The van der Waals surface area contributed by atoms with Crippen LogP contribution >= 0.6 is 11.3 Å². The lowest BCUT2D eigenvalue weighted by atomic mass is 10.3. The average molecular weight is 314 g/mol. The Labute approximate surface area is 133 Å². The fourth-order valence-electron chi connectivity index (χ4n) is 2.16. The highest BCUT2D eigenvalue weighted by atomic mass is 32.1. The molecule has 3 rings (SSSR count). The predicted octanol–water partition coefficient (Wildman–Crippen LogP) is 2.67. The first-order chi connectivity index (χ1) is 10.8. The van der Waals surface area contributed by atoms with E-state index < -0.39 is 0 Å². The van der Waals surface area contributed by atoms with Gasteiger partial charge < -0.3 is 15.4 Å². The van der Waals surface area contributed by atoms with E-state index in [4.69, 9.17) is 10.5 Å². The number of fused-ring (bicyclic) bond motifs is 1. The van der Waals surface area contributed by atoms with Crippen LogP contribution in [0.4, 0.5) is 5.13 Å². The molecule has 2 N–H and O–H groups in total. The average Bonchev–Trinajstić information content (AvgIpc) is 2.97. The summed E-state index contributed by atoms with van der Waals surface area (Å²) in [5.41, 5.74) is 7.61. The molecule has 6 heteroatoms. The number of rotatable bonds is 6. The number of benzene rings is 1. The van der Waals surface area contributed by atoms with Crippen LogP contribution in [0.15, 0.2) is 42.7 Å². The van der Waals surface area contributed by atoms with Crippen molar-refractivity contribution in [1.29, 1.82) is 0 Å². The largest absolute Gasteiger partial charge is 0.492 e. The van der Waals surface area contributed by atoms with Crippen molar-refractivity contribution in [1.82, 2.24) is 9.97 Å². The third-order valence-electron chi connectivity index (χ3n) is 3.20. The van der Waals surface area contributed by atoms with E-state index in [1.165, 1.54) is 0 Å². The first-order valence-corrected chi connectivity index (χ1v) is 7.91. The van der Waals surface area contributed by atoms with Gasteiger partial charge in [0.1, 0.15) is 12.4 Å². The standard InChI is InChI=1S/C16H18N4OS/c1-20(11-12-3-2-7-18-10-12)16-19-14-5-4-13(21-8-6-17)9-15(14)22-16/h2-5,7,9-10H,6,8,11,17H2,1H3. The van der Waals surface area contributed by atoms with Gasteiger partial charge in [0.25, 0.3) is 0 Å². The molecule has 5 nitrogen and oxygen atoms in total. The maximum Gasteiger partial charge on any atom is 0.186 e. The highest BCUT2D eigenvalue weighted by molar-refractivity contribution is 7.22. The maximum absolute atomic E-state index is 5.56. The van der Waals surface area contributed by atoms with Crippen LogP contribution in [-0.2, 0) is 6.54 Å². The zero-order valence-electron chi connectivity index (χ0n) is 12.4. The van der Waals surface area contributed by atoms with Gasteiger partial charge in [-0.1, -0.05) is 17.4 Å². The molecule has 114 valence electrons. The Morgan fingerprint density at radius 3 is 3.00 bits per heavy atom. The van der Waals surface area contributed by atoms with Crippen molar-refractivity contribution in [3.05, 3.63) is 48.3 Å². The fourth-order valence-corrected chi connectivity index (χ4v) is 3.11. The van der Waals surface area contributed by atoms with Gasteiger partial charge in [0, 0.05) is 32.5 Å². The molecular formula is C16H18N4OS. The van der Waals surface area contributed by atoms with Crippen LogP contribution in [0.2, 0.25) is 0 Å². The van der Waals surface area contributed by atoms with Gasteiger partial charge in [-0.05, 0) is 29.8 Å². The molecule has 0 fully saturated rings. The smallest absolute Gasteiger partial charge is 0.186 e. The molecule has 0 aliphatic carbocycles. The van der Waals surface area contributed by atoms with E-state index in [1.54, 1.807) is 17.5 Å². The number of hydrogen-bond acceptors (Lipinski definition) is 6. The van der Waals surface area contributed by atoms with E-state index in [0.29, 0.717) is 13.2 Å². The van der Waals surface area contributed by atoms with E-state index >= 15 is 0 Å². The van der Waals surface area contributed by atoms with Gasteiger partial charge in [0.15, 0.2) is 5.13 Å². The van der Waals surface area contributed by atoms with Crippen molar-refractivity contribution in [3.8, 4) is 5.75 Å². The minimum absolute atomic E-state index is 0.514. The lowest BCUT2D eigenvalue weighted by Gasteiger charge is -2.14. The highest BCUT2D eigenvalue weighted by Gasteiger charge is 2.10. The second-order valence-electron chi connectivity index (χ2n) is 4.98. The Morgan fingerprint density at radius 1 is 1.32 bits per heavy atom. The minimum atomic E-state index is 0.514. The van der Waals surface area contributed by atoms with E-state index in [-0.39, 0.29) is 0 Å². The van der Waals surface area contributed by atoms with Crippen LogP contribution in [0.25, 0.3) is 10.2 Å².